The van der Waals surface area contributed by atoms with Crippen LogP contribution in [-0.4, -0.2) is 54.2 Å². The lowest BCUT2D eigenvalue weighted by Gasteiger charge is -2.22. The number of carbonyl (C=O) groups excluding carboxylic acids is 1. The van der Waals surface area contributed by atoms with Crippen LogP contribution < -0.4 is 0 Å². The molecule has 1 amide bonds. The molecule has 6 nitrogen and oxygen atoms in total. The van der Waals surface area contributed by atoms with E-state index in [1.165, 1.54) is 7.11 Å². The Morgan fingerprint density at radius 2 is 1.59 bits per heavy atom. The SMILES string of the molecule is COCCN(CC(F)F)C(=O)c1ccc(-c2nnc(-c3ccc(C)cc3)o2)cc1. The van der Waals surface area contributed by atoms with E-state index in [0.717, 1.165) is 16.0 Å². The first kappa shape index (κ1) is 20.6. The number of hydrogen-bond donors (Lipinski definition) is 0. The number of alkyl halides is 2. The molecule has 0 spiro atoms. The van der Waals surface area contributed by atoms with Gasteiger partial charge in [0.2, 0.25) is 11.8 Å². The molecule has 0 aliphatic rings. The Kier molecular flexibility index (Phi) is 6.66. The molecule has 0 saturated carbocycles. The molecule has 0 bridgehead atoms. The molecular weight excluding hydrogens is 380 g/mol. The van der Waals surface area contributed by atoms with E-state index in [-0.39, 0.29) is 13.2 Å². The second-order valence-corrected chi connectivity index (χ2v) is 6.49. The summed E-state index contributed by atoms with van der Waals surface area (Å²) in [6.07, 6.45) is -2.62. The van der Waals surface area contributed by atoms with E-state index < -0.39 is 18.9 Å². The van der Waals surface area contributed by atoms with E-state index in [9.17, 15) is 13.6 Å². The van der Waals surface area contributed by atoms with Gasteiger partial charge in [-0.3, -0.25) is 4.79 Å². The maximum absolute atomic E-state index is 12.8. The van der Waals surface area contributed by atoms with E-state index >= 15 is 0 Å². The van der Waals surface area contributed by atoms with Crippen molar-refractivity contribution in [2.45, 2.75) is 13.3 Å². The standard InChI is InChI=1S/C21H21F2N3O3/c1-14-3-5-15(6-4-14)19-24-25-20(29-19)16-7-9-17(10-8-16)21(27)26(11-12-28-2)13-18(22)23/h3-10,18H,11-13H2,1-2H3. The number of aryl methyl sites for hydroxylation is 1. The molecule has 3 aromatic rings. The van der Waals surface area contributed by atoms with Crippen LogP contribution in [-0.2, 0) is 4.74 Å². The van der Waals surface area contributed by atoms with Gasteiger partial charge in [-0.1, -0.05) is 17.7 Å². The zero-order chi connectivity index (χ0) is 20.8. The highest BCUT2D eigenvalue weighted by Crippen LogP contribution is 2.24. The van der Waals surface area contributed by atoms with Gasteiger partial charge in [-0.25, -0.2) is 8.78 Å². The van der Waals surface area contributed by atoms with Crippen LogP contribution >= 0.6 is 0 Å². The van der Waals surface area contributed by atoms with Gasteiger partial charge in [-0.15, -0.1) is 10.2 Å². The van der Waals surface area contributed by atoms with Gasteiger partial charge in [-0.2, -0.15) is 0 Å². The summed E-state index contributed by atoms with van der Waals surface area (Å²) in [6, 6.07) is 14.1. The van der Waals surface area contributed by atoms with Gasteiger partial charge in [0.25, 0.3) is 12.3 Å². The van der Waals surface area contributed by atoms with Crippen LogP contribution in [0.25, 0.3) is 22.9 Å². The third kappa shape index (κ3) is 5.23. The summed E-state index contributed by atoms with van der Waals surface area (Å²) in [6.45, 7) is 1.61. The first-order valence-corrected chi connectivity index (χ1v) is 9.05. The summed E-state index contributed by atoms with van der Waals surface area (Å²) in [5.41, 5.74) is 2.86. The smallest absolute Gasteiger partial charge is 0.255 e. The highest BCUT2D eigenvalue weighted by Gasteiger charge is 2.20. The lowest BCUT2D eigenvalue weighted by molar-refractivity contribution is 0.0478. The number of amides is 1. The maximum Gasteiger partial charge on any atom is 0.255 e. The number of halogens is 2. The van der Waals surface area contributed by atoms with E-state index in [2.05, 4.69) is 10.2 Å². The van der Waals surface area contributed by atoms with E-state index in [4.69, 9.17) is 9.15 Å². The summed E-state index contributed by atoms with van der Waals surface area (Å²) in [7, 11) is 1.45. The molecule has 0 unspecified atom stereocenters. The van der Waals surface area contributed by atoms with Crippen LogP contribution in [0.2, 0.25) is 0 Å². The first-order chi connectivity index (χ1) is 14.0. The zero-order valence-electron chi connectivity index (χ0n) is 16.1. The number of benzene rings is 2. The summed E-state index contributed by atoms with van der Waals surface area (Å²) in [5, 5.41) is 8.10. The minimum atomic E-state index is -2.62. The van der Waals surface area contributed by atoms with Gasteiger partial charge in [0, 0.05) is 30.3 Å². The van der Waals surface area contributed by atoms with Crippen molar-refractivity contribution in [1.82, 2.24) is 15.1 Å². The van der Waals surface area contributed by atoms with E-state index in [1.807, 2.05) is 31.2 Å². The van der Waals surface area contributed by atoms with Gasteiger partial charge in [0.05, 0.1) is 13.2 Å². The van der Waals surface area contributed by atoms with Gasteiger partial charge in [-0.05, 0) is 43.3 Å². The molecule has 0 N–H and O–H groups in total. The monoisotopic (exact) mass is 401 g/mol. The van der Waals surface area contributed by atoms with Crippen LogP contribution in [0.15, 0.2) is 52.9 Å². The van der Waals surface area contributed by atoms with E-state index in [1.54, 1.807) is 24.3 Å². The van der Waals surface area contributed by atoms with Crippen LogP contribution in [0.3, 0.4) is 0 Å². The fraction of sp³-hybridized carbons (Fsp3) is 0.286. The van der Waals surface area contributed by atoms with Crippen LogP contribution in [0.1, 0.15) is 15.9 Å². The summed E-state index contributed by atoms with van der Waals surface area (Å²) in [4.78, 5) is 13.6. The number of ether oxygens (including phenoxy) is 1. The quantitative estimate of drug-likeness (QED) is 0.569. The van der Waals surface area contributed by atoms with Crippen molar-refractivity contribution in [2.24, 2.45) is 0 Å². The number of nitrogens with zero attached hydrogens (tertiary/aromatic N) is 3. The molecular formula is C21H21F2N3O3. The molecule has 8 heteroatoms. The van der Waals surface area contributed by atoms with Gasteiger partial charge >= 0.3 is 0 Å². The molecule has 1 aromatic heterocycles. The minimum absolute atomic E-state index is 0.0883. The largest absolute Gasteiger partial charge is 0.416 e. The highest BCUT2D eigenvalue weighted by atomic mass is 19.3. The minimum Gasteiger partial charge on any atom is -0.416 e. The number of aromatic nitrogens is 2. The Morgan fingerprint density at radius 3 is 2.10 bits per heavy atom. The fourth-order valence-corrected chi connectivity index (χ4v) is 2.73. The highest BCUT2D eigenvalue weighted by molar-refractivity contribution is 5.94. The topological polar surface area (TPSA) is 68.5 Å². The first-order valence-electron chi connectivity index (χ1n) is 9.05. The molecule has 152 valence electrons. The van der Waals surface area contributed by atoms with Crippen molar-refractivity contribution in [1.29, 1.82) is 0 Å². The van der Waals surface area contributed by atoms with Gasteiger partial charge < -0.3 is 14.1 Å². The lowest BCUT2D eigenvalue weighted by Crippen LogP contribution is -2.37. The molecule has 0 atom stereocenters. The average Bonchev–Trinajstić information content (AvgIpc) is 3.21. The Bertz CT molecular complexity index is 941. The van der Waals surface area contributed by atoms with Crippen molar-refractivity contribution in [3.63, 3.8) is 0 Å². The second-order valence-electron chi connectivity index (χ2n) is 6.49. The van der Waals surface area contributed by atoms with E-state index in [0.29, 0.717) is 22.9 Å². The van der Waals surface area contributed by atoms with Crippen LogP contribution in [0, 0.1) is 6.92 Å². The normalized spacial score (nSPS) is 11.1. The molecule has 1 heterocycles. The van der Waals surface area contributed by atoms with Crippen molar-refractivity contribution < 1.29 is 22.7 Å². The predicted octanol–water partition coefficient (Wildman–Crippen LogP) is 4.07. The second kappa shape index (κ2) is 9.38. The molecule has 0 radical (unpaired) electrons. The molecule has 0 saturated heterocycles. The average molecular weight is 401 g/mol. The Balaban J connectivity index is 1.75. The summed E-state index contributed by atoms with van der Waals surface area (Å²) < 4.78 is 36.2. The molecule has 0 fully saturated rings. The zero-order valence-corrected chi connectivity index (χ0v) is 16.1. The molecule has 3 rings (SSSR count). The van der Waals surface area contributed by atoms with Crippen LogP contribution in [0.4, 0.5) is 8.78 Å². The van der Waals surface area contributed by atoms with Gasteiger partial charge in [0.15, 0.2) is 0 Å². The maximum atomic E-state index is 12.8. The van der Waals surface area contributed by atoms with Crippen molar-refractivity contribution in [2.75, 3.05) is 26.8 Å². The lowest BCUT2D eigenvalue weighted by atomic mass is 10.1. The summed E-state index contributed by atoms with van der Waals surface area (Å²) >= 11 is 0. The summed E-state index contributed by atoms with van der Waals surface area (Å²) in [5.74, 6) is 0.214. The Morgan fingerprint density at radius 1 is 1.03 bits per heavy atom. The number of methoxy groups -OCH3 is 1. The molecule has 29 heavy (non-hydrogen) atoms. The molecule has 2 aromatic carbocycles. The fourth-order valence-electron chi connectivity index (χ4n) is 2.73. The predicted molar refractivity (Wildman–Crippen MR) is 104 cm³/mol. The van der Waals surface area contributed by atoms with Crippen LogP contribution in [0.5, 0.6) is 0 Å². The number of carbonyl (C=O) groups is 1. The number of rotatable bonds is 8. The third-order valence-corrected chi connectivity index (χ3v) is 4.31. The Hall–Kier alpha value is -3.13. The Labute approximate surface area is 167 Å². The number of hydrogen-bond acceptors (Lipinski definition) is 5. The van der Waals surface area contributed by atoms with Crippen molar-refractivity contribution in [3.8, 4) is 22.9 Å². The van der Waals surface area contributed by atoms with Gasteiger partial charge in [0.1, 0.15) is 0 Å². The third-order valence-electron chi connectivity index (χ3n) is 4.31. The van der Waals surface area contributed by atoms with Crippen molar-refractivity contribution in [3.05, 3.63) is 59.7 Å². The van der Waals surface area contributed by atoms with Crippen molar-refractivity contribution >= 4 is 5.91 Å². The molecule has 0 aliphatic heterocycles. The molecule has 0 aliphatic carbocycles.